The average molecular weight is 249 g/mol. The van der Waals surface area contributed by atoms with Crippen molar-refractivity contribution in [2.75, 3.05) is 5.73 Å². The lowest BCUT2D eigenvalue weighted by Crippen LogP contribution is -2.40. The van der Waals surface area contributed by atoms with Gasteiger partial charge in [-0.3, -0.25) is 4.79 Å². The molecule has 0 unspecified atom stereocenters. The van der Waals surface area contributed by atoms with Gasteiger partial charge in [0, 0.05) is 17.1 Å². The van der Waals surface area contributed by atoms with Crippen LogP contribution in [-0.4, -0.2) is 16.4 Å². The molecule has 2 aromatic heterocycles. The Kier molecular flexibility index (Phi) is 2.79. The van der Waals surface area contributed by atoms with Crippen LogP contribution in [0.5, 0.6) is 0 Å². The summed E-state index contributed by atoms with van der Waals surface area (Å²) in [4.78, 5) is 17.6. The monoisotopic (exact) mass is 249 g/mol. The van der Waals surface area contributed by atoms with Crippen LogP contribution in [0.3, 0.4) is 0 Å². The van der Waals surface area contributed by atoms with Gasteiger partial charge in [-0.05, 0) is 32.9 Å². The number of carbonyl (C=O) groups excluding carboxylic acids is 1. The van der Waals surface area contributed by atoms with Crippen molar-refractivity contribution in [2.24, 2.45) is 0 Å². The molecular weight excluding hydrogens is 234 g/mol. The van der Waals surface area contributed by atoms with E-state index in [0.717, 1.165) is 10.2 Å². The molecule has 2 heterocycles. The highest BCUT2D eigenvalue weighted by Gasteiger charge is 2.20. The molecule has 0 atom stereocenters. The van der Waals surface area contributed by atoms with E-state index in [1.807, 2.05) is 32.9 Å². The minimum Gasteiger partial charge on any atom is -0.397 e. The predicted molar refractivity (Wildman–Crippen MR) is 71.3 cm³/mol. The number of rotatable bonds is 1. The van der Waals surface area contributed by atoms with Gasteiger partial charge in [0.25, 0.3) is 5.91 Å². The first-order valence-corrected chi connectivity index (χ1v) is 6.15. The minimum atomic E-state index is -0.271. The summed E-state index contributed by atoms with van der Waals surface area (Å²) in [5.41, 5.74) is 6.21. The van der Waals surface area contributed by atoms with Crippen molar-refractivity contribution < 1.29 is 4.79 Å². The molecule has 3 N–H and O–H groups in total. The van der Waals surface area contributed by atoms with E-state index < -0.39 is 0 Å². The molecule has 0 fully saturated rings. The minimum absolute atomic E-state index is 0.141. The van der Waals surface area contributed by atoms with E-state index in [0.29, 0.717) is 10.6 Å². The summed E-state index contributed by atoms with van der Waals surface area (Å²) in [5.74, 6) is -0.141. The lowest BCUT2D eigenvalue weighted by Gasteiger charge is -2.19. The summed E-state index contributed by atoms with van der Waals surface area (Å²) in [6.07, 6.45) is 1.70. The third kappa shape index (κ3) is 2.39. The number of nitrogens with two attached hydrogens (primary N) is 1. The van der Waals surface area contributed by atoms with Crippen LogP contribution in [0.2, 0.25) is 0 Å². The Morgan fingerprint density at radius 3 is 2.76 bits per heavy atom. The van der Waals surface area contributed by atoms with Crippen molar-refractivity contribution in [2.45, 2.75) is 26.3 Å². The number of carbonyl (C=O) groups is 1. The quantitative estimate of drug-likeness (QED) is 0.815. The highest BCUT2D eigenvalue weighted by Crippen LogP contribution is 2.31. The molecule has 5 heteroatoms. The second kappa shape index (κ2) is 4.00. The van der Waals surface area contributed by atoms with E-state index in [4.69, 9.17) is 5.73 Å². The number of hydrogen-bond donors (Lipinski definition) is 2. The van der Waals surface area contributed by atoms with Crippen LogP contribution in [0.4, 0.5) is 5.69 Å². The first-order chi connectivity index (χ1) is 7.88. The molecule has 2 aromatic rings. The standard InChI is InChI=1S/C12H15N3OS/c1-12(2,3)15-10(16)9-8(13)7-5-4-6-14-11(7)17-9/h4-6H,13H2,1-3H3,(H,15,16). The second-order valence-electron chi connectivity index (χ2n) is 4.91. The van der Waals surface area contributed by atoms with Crippen LogP contribution in [0.15, 0.2) is 18.3 Å². The summed E-state index contributed by atoms with van der Waals surface area (Å²) in [6.45, 7) is 5.81. The smallest absolute Gasteiger partial charge is 0.263 e. The van der Waals surface area contributed by atoms with Gasteiger partial charge in [-0.2, -0.15) is 0 Å². The van der Waals surface area contributed by atoms with E-state index in [9.17, 15) is 4.79 Å². The van der Waals surface area contributed by atoms with Crippen LogP contribution in [0.25, 0.3) is 10.2 Å². The number of hydrogen-bond acceptors (Lipinski definition) is 4. The molecule has 0 bridgehead atoms. The summed E-state index contributed by atoms with van der Waals surface area (Å²) >= 11 is 1.32. The van der Waals surface area contributed by atoms with Crippen molar-refractivity contribution >= 4 is 33.1 Å². The van der Waals surface area contributed by atoms with E-state index in [1.165, 1.54) is 11.3 Å². The summed E-state index contributed by atoms with van der Waals surface area (Å²) in [6, 6.07) is 3.69. The zero-order valence-corrected chi connectivity index (χ0v) is 10.9. The molecule has 0 aliphatic rings. The van der Waals surface area contributed by atoms with E-state index in [-0.39, 0.29) is 11.4 Å². The molecule has 0 aliphatic carbocycles. The average Bonchev–Trinajstić information content (AvgIpc) is 2.55. The van der Waals surface area contributed by atoms with Crippen molar-refractivity contribution in [1.82, 2.24) is 10.3 Å². The van der Waals surface area contributed by atoms with Crippen LogP contribution >= 0.6 is 11.3 Å². The number of amides is 1. The number of pyridine rings is 1. The van der Waals surface area contributed by atoms with Crippen molar-refractivity contribution in [3.63, 3.8) is 0 Å². The topological polar surface area (TPSA) is 68.0 Å². The number of nitrogens with one attached hydrogen (secondary N) is 1. The van der Waals surface area contributed by atoms with Crippen molar-refractivity contribution in [1.29, 1.82) is 0 Å². The summed E-state index contributed by atoms with van der Waals surface area (Å²) in [5, 5.41) is 3.74. The number of nitrogen functional groups attached to an aromatic ring is 1. The molecule has 0 aromatic carbocycles. The fourth-order valence-electron chi connectivity index (χ4n) is 1.52. The maximum atomic E-state index is 12.0. The van der Waals surface area contributed by atoms with Gasteiger partial charge in [0.1, 0.15) is 9.71 Å². The number of aromatic nitrogens is 1. The lowest BCUT2D eigenvalue weighted by molar-refractivity contribution is 0.0924. The SMILES string of the molecule is CC(C)(C)NC(=O)c1sc2ncccc2c1N. The number of anilines is 1. The van der Waals surface area contributed by atoms with E-state index in [2.05, 4.69) is 10.3 Å². The van der Waals surface area contributed by atoms with Crippen LogP contribution in [0.1, 0.15) is 30.4 Å². The number of fused-ring (bicyclic) bond motifs is 1. The van der Waals surface area contributed by atoms with Crippen LogP contribution in [0, 0.1) is 0 Å². The maximum Gasteiger partial charge on any atom is 0.263 e. The Bertz CT molecular complexity index is 569. The number of thiophene rings is 1. The molecule has 2 rings (SSSR count). The van der Waals surface area contributed by atoms with Gasteiger partial charge in [0.05, 0.1) is 5.69 Å². The normalized spacial score (nSPS) is 11.7. The van der Waals surface area contributed by atoms with E-state index in [1.54, 1.807) is 6.20 Å². The van der Waals surface area contributed by atoms with Gasteiger partial charge >= 0.3 is 0 Å². The largest absolute Gasteiger partial charge is 0.397 e. The first kappa shape index (κ1) is 11.9. The molecule has 90 valence electrons. The molecule has 0 aliphatic heterocycles. The van der Waals surface area contributed by atoms with Crippen molar-refractivity contribution in [3.05, 3.63) is 23.2 Å². The fourth-order valence-corrected chi connectivity index (χ4v) is 2.48. The van der Waals surface area contributed by atoms with Crippen molar-refractivity contribution in [3.8, 4) is 0 Å². The summed E-state index contributed by atoms with van der Waals surface area (Å²) in [7, 11) is 0. The third-order valence-electron chi connectivity index (χ3n) is 2.20. The molecule has 4 nitrogen and oxygen atoms in total. The molecule has 1 amide bonds. The van der Waals surface area contributed by atoms with Gasteiger partial charge < -0.3 is 11.1 Å². The zero-order valence-electron chi connectivity index (χ0n) is 10.1. The van der Waals surface area contributed by atoms with Crippen LogP contribution < -0.4 is 11.1 Å². The number of nitrogens with zero attached hydrogens (tertiary/aromatic N) is 1. The molecule has 0 saturated carbocycles. The highest BCUT2D eigenvalue weighted by atomic mass is 32.1. The van der Waals surface area contributed by atoms with Crippen LogP contribution in [-0.2, 0) is 0 Å². The fraction of sp³-hybridized carbons (Fsp3) is 0.333. The highest BCUT2D eigenvalue weighted by molar-refractivity contribution is 7.21. The Hall–Kier alpha value is -1.62. The molecule has 0 saturated heterocycles. The molecule has 0 radical (unpaired) electrons. The third-order valence-corrected chi connectivity index (χ3v) is 3.33. The van der Waals surface area contributed by atoms with Gasteiger partial charge in [-0.25, -0.2) is 4.98 Å². The second-order valence-corrected chi connectivity index (χ2v) is 5.90. The molecular formula is C12H15N3OS. The molecule has 0 spiro atoms. The predicted octanol–water partition coefficient (Wildman–Crippen LogP) is 2.41. The van der Waals surface area contributed by atoms with Gasteiger partial charge in [0.2, 0.25) is 0 Å². The Morgan fingerprint density at radius 1 is 1.47 bits per heavy atom. The zero-order chi connectivity index (χ0) is 12.6. The lowest BCUT2D eigenvalue weighted by atomic mass is 10.1. The first-order valence-electron chi connectivity index (χ1n) is 5.34. The van der Waals surface area contributed by atoms with Gasteiger partial charge in [0.15, 0.2) is 0 Å². The van der Waals surface area contributed by atoms with Gasteiger partial charge in [-0.1, -0.05) is 0 Å². The summed E-state index contributed by atoms with van der Waals surface area (Å²) < 4.78 is 0. The Labute approximate surface area is 104 Å². The Balaban J connectivity index is 2.43. The Morgan fingerprint density at radius 2 is 2.18 bits per heavy atom. The van der Waals surface area contributed by atoms with E-state index >= 15 is 0 Å². The van der Waals surface area contributed by atoms with Gasteiger partial charge in [-0.15, -0.1) is 11.3 Å². The molecule has 17 heavy (non-hydrogen) atoms. The maximum absolute atomic E-state index is 12.0.